The molecule has 50 valence electrons. The van der Waals surface area contributed by atoms with E-state index in [9.17, 15) is 0 Å². The smallest absolute Gasteiger partial charge is 1.00 e. The summed E-state index contributed by atoms with van der Waals surface area (Å²) in [5.41, 5.74) is 0. The molecule has 0 nitrogen and oxygen atoms in total. The van der Waals surface area contributed by atoms with Gasteiger partial charge in [-0.25, -0.2) is 0 Å². The Balaban J connectivity index is 0. The van der Waals surface area contributed by atoms with Gasteiger partial charge in [0.2, 0.25) is 0 Å². The normalized spacial score (nSPS) is 19.7. The van der Waals surface area contributed by atoms with Gasteiger partial charge in [-0.15, -0.1) is 0 Å². The third kappa shape index (κ3) is 5.68. The van der Waals surface area contributed by atoms with Gasteiger partial charge in [-0.3, -0.25) is 0 Å². The van der Waals surface area contributed by atoms with Gasteiger partial charge in [0, 0.05) is 0 Å². The van der Waals surface area contributed by atoms with Crippen LogP contribution in [0.15, 0.2) is 0 Å². The molecule has 0 aromatic heterocycles. The van der Waals surface area contributed by atoms with Crippen LogP contribution in [0.3, 0.4) is 0 Å². The van der Waals surface area contributed by atoms with Crippen LogP contribution < -0.4 is 17.0 Å². The molecule has 0 saturated heterocycles. The van der Waals surface area contributed by atoms with Gasteiger partial charge in [0.25, 0.3) is 0 Å². The first kappa shape index (κ1) is 12.9. The van der Waals surface area contributed by atoms with Gasteiger partial charge < -0.3 is 23.9 Å². The van der Waals surface area contributed by atoms with Crippen molar-refractivity contribution in [3.8, 4) is 0 Å². The quantitative estimate of drug-likeness (QED) is 0.349. The van der Waals surface area contributed by atoms with E-state index in [0.717, 1.165) is 5.92 Å². The molecule has 1 saturated carbocycles. The molecular formula is C7H13BrMg. The van der Waals surface area contributed by atoms with Gasteiger partial charge >= 0.3 is 23.1 Å². The van der Waals surface area contributed by atoms with Crippen LogP contribution in [0.5, 0.6) is 0 Å². The molecule has 2 heteroatoms. The minimum atomic E-state index is 0. The molecule has 0 heterocycles. The van der Waals surface area contributed by atoms with E-state index in [-0.39, 0.29) is 40.0 Å². The first-order chi connectivity index (χ1) is 3.39. The maximum absolute atomic E-state index is 4.00. The molecule has 9 heavy (non-hydrogen) atoms. The van der Waals surface area contributed by atoms with Crippen molar-refractivity contribution in [3.63, 3.8) is 0 Å². The molecule has 1 aliphatic carbocycles. The van der Waals surface area contributed by atoms with Crippen molar-refractivity contribution < 1.29 is 17.0 Å². The van der Waals surface area contributed by atoms with Gasteiger partial charge in [0.15, 0.2) is 0 Å². The molecule has 1 aliphatic rings. The Morgan fingerprint density at radius 2 is 1.44 bits per heavy atom. The predicted molar refractivity (Wildman–Crippen MR) is 37.7 cm³/mol. The Morgan fingerprint density at radius 1 is 1.00 bits per heavy atom. The van der Waals surface area contributed by atoms with Crippen LogP contribution in [0.2, 0.25) is 0 Å². The predicted octanol–water partition coefficient (Wildman–Crippen LogP) is -0.976. The fourth-order valence-electron chi connectivity index (χ4n) is 1.19. The van der Waals surface area contributed by atoms with E-state index >= 15 is 0 Å². The van der Waals surface area contributed by atoms with Gasteiger partial charge in [-0.05, 0) is 0 Å². The second-order valence-corrected chi connectivity index (χ2v) is 2.50. The largest absolute Gasteiger partial charge is 2.00 e. The van der Waals surface area contributed by atoms with Gasteiger partial charge in [-0.1, -0.05) is 32.1 Å². The molecule has 0 aromatic rings. The Hall–Kier alpha value is 1.25. The summed E-state index contributed by atoms with van der Waals surface area (Å²) in [5, 5.41) is 0. The standard InChI is InChI=1S/C7H13.BrH.Mg/c1-7-5-3-2-4-6-7;;/h7H,1-6H2;1H;/q-1;;+2/p-1. The van der Waals surface area contributed by atoms with Crippen molar-refractivity contribution in [2.75, 3.05) is 0 Å². The van der Waals surface area contributed by atoms with E-state index in [4.69, 9.17) is 0 Å². The number of hydrogen-bond acceptors (Lipinski definition) is 0. The van der Waals surface area contributed by atoms with E-state index in [1.54, 1.807) is 0 Å². The summed E-state index contributed by atoms with van der Waals surface area (Å²) in [6, 6.07) is 0. The fraction of sp³-hybridized carbons (Fsp3) is 0.857. The first-order valence-electron chi connectivity index (χ1n) is 3.22. The van der Waals surface area contributed by atoms with E-state index in [1.165, 1.54) is 32.1 Å². The summed E-state index contributed by atoms with van der Waals surface area (Å²) >= 11 is 0. The van der Waals surface area contributed by atoms with Crippen molar-refractivity contribution >= 4 is 23.1 Å². The third-order valence-corrected chi connectivity index (χ3v) is 1.72. The second-order valence-electron chi connectivity index (χ2n) is 2.50. The van der Waals surface area contributed by atoms with Crippen molar-refractivity contribution in [1.82, 2.24) is 0 Å². The Kier molecular flexibility index (Phi) is 10.5. The minimum absolute atomic E-state index is 0. The number of hydrogen-bond donors (Lipinski definition) is 0. The molecule has 0 aliphatic heterocycles. The number of halogens is 1. The fourth-order valence-corrected chi connectivity index (χ4v) is 1.19. The third-order valence-electron chi connectivity index (χ3n) is 1.72. The van der Waals surface area contributed by atoms with Gasteiger partial charge in [-0.2, -0.15) is 5.92 Å². The molecule has 1 fully saturated rings. The van der Waals surface area contributed by atoms with Crippen molar-refractivity contribution in [2.45, 2.75) is 32.1 Å². The molecule has 0 unspecified atom stereocenters. The van der Waals surface area contributed by atoms with E-state index in [0.29, 0.717) is 0 Å². The monoisotopic (exact) mass is 200 g/mol. The zero-order valence-corrected chi connectivity index (χ0v) is 8.91. The van der Waals surface area contributed by atoms with Gasteiger partial charge in [0.05, 0.1) is 0 Å². The zero-order valence-electron chi connectivity index (χ0n) is 5.91. The van der Waals surface area contributed by atoms with E-state index in [1.807, 2.05) is 0 Å². The van der Waals surface area contributed by atoms with Crippen LogP contribution in [-0.2, 0) is 0 Å². The number of rotatable bonds is 0. The molecule has 0 bridgehead atoms. The summed E-state index contributed by atoms with van der Waals surface area (Å²) in [4.78, 5) is 0. The van der Waals surface area contributed by atoms with Crippen LogP contribution in [0.25, 0.3) is 0 Å². The Morgan fingerprint density at radius 3 is 1.67 bits per heavy atom. The van der Waals surface area contributed by atoms with Crippen molar-refractivity contribution in [2.24, 2.45) is 5.92 Å². The Bertz CT molecular complexity index is 50.9. The van der Waals surface area contributed by atoms with E-state index in [2.05, 4.69) is 6.92 Å². The molecule has 0 spiro atoms. The average Bonchev–Trinajstić information content (AvgIpc) is 1.69. The summed E-state index contributed by atoms with van der Waals surface area (Å²) in [6.07, 6.45) is 7.05. The summed E-state index contributed by atoms with van der Waals surface area (Å²) in [5.74, 6) is 0.786. The summed E-state index contributed by atoms with van der Waals surface area (Å²) < 4.78 is 0. The zero-order chi connectivity index (χ0) is 5.11. The Labute approximate surface area is 84.7 Å². The second kappa shape index (κ2) is 7.35. The topological polar surface area (TPSA) is 0 Å². The van der Waals surface area contributed by atoms with E-state index < -0.39 is 0 Å². The maximum atomic E-state index is 4.00. The van der Waals surface area contributed by atoms with Crippen LogP contribution in [0, 0.1) is 12.8 Å². The summed E-state index contributed by atoms with van der Waals surface area (Å²) in [6.45, 7) is 4.00. The molecule has 1 rings (SSSR count). The first-order valence-corrected chi connectivity index (χ1v) is 3.22. The van der Waals surface area contributed by atoms with Crippen LogP contribution in [0.1, 0.15) is 32.1 Å². The maximum Gasteiger partial charge on any atom is 2.00 e. The average molecular weight is 201 g/mol. The van der Waals surface area contributed by atoms with Crippen LogP contribution in [-0.4, -0.2) is 23.1 Å². The van der Waals surface area contributed by atoms with Crippen molar-refractivity contribution in [3.05, 3.63) is 6.92 Å². The van der Waals surface area contributed by atoms with Crippen molar-refractivity contribution in [1.29, 1.82) is 0 Å². The SMILES string of the molecule is [Br-].[CH2-]C1CCCCC1.[Mg+2]. The van der Waals surface area contributed by atoms with Crippen LogP contribution in [0.4, 0.5) is 0 Å². The van der Waals surface area contributed by atoms with Gasteiger partial charge in [0.1, 0.15) is 0 Å². The molecule has 0 aromatic carbocycles. The summed E-state index contributed by atoms with van der Waals surface area (Å²) in [7, 11) is 0. The van der Waals surface area contributed by atoms with Crippen LogP contribution >= 0.6 is 0 Å². The molecular weight excluding hydrogens is 188 g/mol. The molecule has 0 radical (unpaired) electrons. The molecule has 0 atom stereocenters. The molecule has 0 N–H and O–H groups in total. The molecule has 0 amide bonds. The minimum Gasteiger partial charge on any atom is -1.00 e.